The highest BCUT2D eigenvalue weighted by Gasteiger charge is 2.22. The van der Waals surface area contributed by atoms with E-state index < -0.39 is 22.0 Å². The van der Waals surface area contributed by atoms with Gasteiger partial charge in [0.15, 0.2) is 0 Å². The topological polar surface area (TPSA) is 104 Å². The van der Waals surface area contributed by atoms with Crippen molar-refractivity contribution in [3.63, 3.8) is 0 Å². The maximum absolute atomic E-state index is 12.5. The van der Waals surface area contributed by atoms with Crippen LogP contribution in [0.3, 0.4) is 0 Å². The Bertz CT molecular complexity index is 1150. The molecule has 0 aliphatic heterocycles. The van der Waals surface area contributed by atoms with E-state index in [0.29, 0.717) is 21.3 Å². The summed E-state index contributed by atoms with van der Waals surface area (Å²) in [5.41, 5.74) is 0.919. The minimum Gasteiger partial charge on any atom is -0.325 e. The molecule has 0 spiro atoms. The van der Waals surface area contributed by atoms with Gasteiger partial charge in [-0.15, -0.1) is 11.3 Å². The quantitative estimate of drug-likeness (QED) is 0.493. The molecule has 0 saturated heterocycles. The fourth-order valence-electron chi connectivity index (χ4n) is 2.49. The molecule has 0 bridgehead atoms. The van der Waals surface area contributed by atoms with Crippen LogP contribution in [0.4, 0.5) is 11.4 Å². The highest BCUT2D eigenvalue weighted by Crippen LogP contribution is 2.18. The summed E-state index contributed by atoms with van der Waals surface area (Å²) in [6.45, 7) is 1.44. The molecule has 0 aliphatic rings. The van der Waals surface area contributed by atoms with Crippen LogP contribution in [-0.4, -0.2) is 26.3 Å². The second-order valence-corrected chi connectivity index (χ2v) is 9.40. The number of hydrogen-bond acceptors (Lipinski definition) is 5. The Kier molecular flexibility index (Phi) is 6.88. The van der Waals surface area contributed by atoms with Crippen LogP contribution in [0.25, 0.3) is 0 Å². The summed E-state index contributed by atoms with van der Waals surface area (Å²) in [7, 11) is -3.89. The van der Waals surface area contributed by atoms with Gasteiger partial charge in [-0.05, 0) is 60.8 Å². The lowest BCUT2D eigenvalue weighted by Gasteiger charge is -2.15. The molecule has 0 radical (unpaired) electrons. The minimum atomic E-state index is -3.89. The van der Waals surface area contributed by atoms with Crippen LogP contribution in [0.1, 0.15) is 16.6 Å². The van der Waals surface area contributed by atoms with E-state index in [4.69, 9.17) is 11.6 Å². The summed E-state index contributed by atoms with van der Waals surface area (Å²) in [6.07, 6.45) is 0. The molecule has 0 unspecified atom stereocenters. The first-order chi connectivity index (χ1) is 14.2. The second-order valence-electron chi connectivity index (χ2n) is 6.30. The maximum atomic E-state index is 12.5. The smallest absolute Gasteiger partial charge is 0.265 e. The standard InChI is InChI=1S/C20H18ClN3O4S2/c1-13(24-30(27,28)17-9-7-14(21)8-10-17)19(25)22-15-4-2-5-16(12-15)23-20(26)18-6-3-11-29-18/h2-13,24H,1H3,(H,22,25)(H,23,26)/t13-/m0/s1. The fourth-order valence-corrected chi connectivity index (χ4v) is 4.44. The van der Waals surface area contributed by atoms with Crippen molar-refractivity contribution in [1.29, 1.82) is 0 Å². The molecular formula is C20H18ClN3O4S2. The van der Waals surface area contributed by atoms with Gasteiger partial charge in [-0.2, -0.15) is 4.72 Å². The molecule has 7 nitrogen and oxygen atoms in total. The Morgan fingerprint density at radius 3 is 2.27 bits per heavy atom. The van der Waals surface area contributed by atoms with Gasteiger partial charge in [0.25, 0.3) is 5.91 Å². The second kappa shape index (κ2) is 9.40. The lowest BCUT2D eigenvalue weighted by Crippen LogP contribution is -2.41. The number of carbonyl (C=O) groups excluding carboxylic acids is 2. The monoisotopic (exact) mass is 463 g/mol. The van der Waals surface area contributed by atoms with Crippen molar-refractivity contribution < 1.29 is 18.0 Å². The Morgan fingerprint density at radius 2 is 1.63 bits per heavy atom. The first-order valence-corrected chi connectivity index (χ1v) is 11.5. The highest BCUT2D eigenvalue weighted by molar-refractivity contribution is 7.89. The van der Waals surface area contributed by atoms with Gasteiger partial charge in [0.05, 0.1) is 15.8 Å². The van der Waals surface area contributed by atoms with E-state index in [1.165, 1.54) is 42.5 Å². The molecule has 1 heterocycles. The number of sulfonamides is 1. The molecule has 2 amide bonds. The van der Waals surface area contributed by atoms with Crippen molar-refractivity contribution in [1.82, 2.24) is 4.72 Å². The predicted octanol–water partition coefficient (Wildman–Crippen LogP) is 3.96. The molecule has 30 heavy (non-hydrogen) atoms. The lowest BCUT2D eigenvalue weighted by atomic mass is 10.2. The third kappa shape index (κ3) is 5.67. The molecule has 1 atom stereocenters. The maximum Gasteiger partial charge on any atom is 0.265 e. The normalized spacial score (nSPS) is 12.2. The van der Waals surface area contributed by atoms with Crippen molar-refractivity contribution in [2.24, 2.45) is 0 Å². The number of anilines is 2. The zero-order chi connectivity index (χ0) is 21.7. The van der Waals surface area contributed by atoms with Crippen LogP contribution in [-0.2, 0) is 14.8 Å². The van der Waals surface area contributed by atoms with Crippen LogP contribution in [0.5, 0.6) is 0 Å². The van der Waals surface area contributed by atoms with Crippen LogP contribution >= 0.6 is 22.9 Å². The van der Waals surface area contributed by atoms with Crippen LogP contribution in [0.2, 0.25) is 5.02 Å². The number of amides is 2. The van der Waals surface area contributed by atoms with Gasteiger partial charge in [-0.25, -0.2) is 8.42 Å². The van der Waals surface area contributed by atoms with E-state index in [0.717, 1.165) is 0 Å². The summed E-state index contributed by atoms with van der Waals surface area (Å²) in [5.74, 6) is -0.799. The molecule has 156 valence electrons. The van der Waals surface area contributed by atoms with Gasteiger partial charge in [0, 0.05) is 16.4 Å². The van der Waals surface area contributed by atoms with Crippen molar-refractivity contribution in [2.45, 2.75) is 17.9 Å². The van der Waals surface area contributed by atoms with Crippen LogP contribution < -0.4 is 15.4 Å². The molecule has 0 fully saturated rings. The molecular weight excluding hydrogens is 446 g/mol. The lowest BCUT2D eigenvalue weighted by molar-refractivity contribution is -0.117. The van der Waals surface area contributed by atoms with E-state index in [2.05, 4.69) is 15.4 Å². The number of thiophene rings is 1. The molecule has 0 aliphatic carbocycles. The zero-order valence-corrected chi connectivity index (χ0v) is 18.1. The van der Waals surface area contributed by atoms with Gasteiger partial charge >= 0.3 is 0 Å². The Hall–Kier alpha value is -2.72. The fraction of sp³-hybridized carbons (Fsp3) is 0.100. The third-order valence-electron chi connectivity index (χ3n) is 3.98. The summed E-state index contributed by atoms with van der Waals surface area (Å²) < 4.78 is 27.2. The number of benzene rings is 2. The average Bonchev–Trinajstić information content (AvgIpc) is 3.23. The largest absolute Gasteiger partial charge is 0.325 e. The summed E-state index contributed by atoms with van der Waals surface area (Å²) in [6, 6.07) is 14.7. The van der Waals surface area contributed by atoms with Gasteiger partial charge in [0.2, 0.25) is 15.9 Å². The van der Waals surface area contributed by atoms with Crippen molar-refractivity contribution in [3.05, 3.63) is 75.9 Å². The summed E-state index contributed by atoms with van der Waals surface area (Å²) in [5, 5.41) is 7.60. The van der Waals surface area contributed by atoms with E-state index in [1.54, 1.807) is 41.8 Å². The Morgan fingerprint density at radius 1 is 0.967 bits per heavy atom. The first kappa shape index (κ1) is 22.0. The van der Waals surface area contributed by atoms with Gasteiger partial charge in [0.1, 0.15) is 0 Å². The molecule has 3 aromatic rings. The van der Waals surface area contributed by atoms with E-state index in [-0.39, 0.29) is 10.8 Å². The van der Waals surface area contributed by atoms with Gasteiger partial charge in [-0.1, -0.05) is 23.7 Å². The van der Waals surface area contributed by atoms with Gasteiger partial charge < -0.3 is 10.6 Å². The minimum absolute atomic E-state index is 0.00448. The number of rotatable bonds is 7. The molecule has 1 aromatic heterocycles. The van der Waals surface area contributed by atoms with E-state index in [9.17, 15) is 18.0 Å². The summed E-state index contributed by atoms with van der Waals surface area (Å²) in [4.78, 5) is 25.2. The third-order valence-corrected chi connectivity index (χ3v) is 6.66. The highest BCUT2D eigenvalue weighted by atomic mass is 35.5. The Labute approximate surface area is 183 Å². The molecule has 3 rings (SSSR count). The SMILES string of the molecule is C[C@H](NS(=O)(=O)c1ccc(Cl)cc1)C(=O)Nc1cccc(NC(=O)c2cccs2)c1. The molecule has 2 aromatic carbocycles. The summed E-state index contributed by atoms with van der Waals surface area (Å²) >= 11 is 7.10. The van der Waals surface area contributed by atoms with E-state index >= 15 is 0 Å². The number of halogens is 1. The number of carbonyl (C=O) groups is 2. The van der Waals surface area contributed by atoms with Crippen molar-refractivity contribution >= 4 is 56.2 Å². The predicted molar refractivity (Wildman–Crippen MR) is 119 cm³/mol. The molecule has 3 N–H and O–H groups in total. The average molecular weight is 464 g/mol. The molecule has 0 saturated carbocycles. The van der Waals surface area contributed by atoms with Crippen molar-refractivity contribution in [3.8, 4) is 0 Å². The Balaban J connectivity index is 1.63. The first-order valence-electron chi connectivity index (χ1n) is 8.78. The molecule has 10 heteroatoms. The van der Waals surface area contributed by atoms with E-state index in [1.807, 2.05) is 0 Å². The number of hydrogen-bond donors (Lipinski definition) is 3. The van der Waals surface area contributed by atoms with Crippen LogP contribution in [0.15, 0.2) is 70.9 Å². The number of nitrogens with one attached hydrogen (secondary N) is 3. The van der Waals surface area contributed by atoms with Gasteiger partial charge in [-0.3, -0.25) is 9.59 Å². The zero-order valence-electron chi connectivity index (χ0n) is 15.8. The van der Waals surface area contributed by atoms with Crippen LogP contribution in [0, 0.1) is 0 Å². The van der Waals surface area contributed by atoms with Crippen molar-refractivity contribution in [2.75, 3.05) is 10.6 Å².